The molecule has 1 atom stereocenters. The molecule has 0 aliphatic heterocycles. The van der Waals surface area contributed by atoms with Gasteiger partial charge in [-0.2, -0.15) is 5.10 Å². The number of aromatic nitrogens is 4. The zero-order chi connectivity index (χ0) is 18.4. The van der Waals surface area contributed by atoms with Crippen LogP contribution in [0.3, 0.4) is 0 Å². The van der Waals surface area contributed by atoms with Gasteiger partial charge in [0.05, 0.1) is 17.0 Å². The Morgan fingerprint density at radius 1 is 1.08 bits per heavy atom. The Morgan fingerprint density at radius 3 is 2.50 bits per heavy atom. The van der Waals surface area contributed by atoms with Gasteiger partial charge in [-0.1, -0.05) is 23.7 Å². The average Bonchev–Trinajstić information content (AvgIpc) is 2.91. The molecule has 6 heteroatoms. The van der Waals surface area contributed by atoms with Crippen LogP contribution in [0.4, 0.5) is 0 Å². The lowest BCUT2D eigenvalue weighted by Gasteiger charge is -2.23. The second-order valence-corrected chi connectivity index (χ2v) is 7.29. The van der Waals surface area contributed by atoms with Gasteiger partial charge < -0.3 is 0 Å². The van der Waals surface area contributed by atoms with Crippen LogP contribution in [0.1, 0.15) is 51.0 Å². The molecule has 1 aliphatic carbocycles. The summed E-state index contributed by atoms with van der Waals surface area (Å²) in [6.07, 6.45) is 1.17. The molecule has 1 aromatic carbocycles. The Bertz CT molecular complexity index is 1000. The highest BCUT2D eigenvalue weighted by atomic mass is 35.5. The second kappa shape index (κ2) is 6.32. The van der Waals surface area contributed by atoms with Gasteiger partial charge in [0.25, 0.3) is 5.95 Å². The molecule has 3 aromatic rings. The van der Waals surface area contributed by atoms with Crippen molar-refractivity contribution in [3.63, 3.8) is 0 Å². The summed E-state index contributed by atoms with van der Waals surface area (Å²) in [5.74, 6) is 0.713. The van der Waals surface area contributed by atoms with Gasteiger partial charge in [-0.3, -0.25) is 4.79 Å². The Hall–Kier alpha value is -2.53. The summed E-state index contributed by atoms with van der Waals surface area (Å²) in [5.41, 5.74) is 5.16. The van der Waals surface area contributed by atoms with Crippen molar-refractivity contribution in [3.8, 4) is 5.95 Å². The maximum atomic E-state index is 12.8. The monoisotopic (exact) mass is 366 g/mol. The van der Waals surface area contributed by atoms with Crippen molar-refractivity contribution in [2.24, 2.45) is 0 Å². The van der Waals surface area contributed by atoms with E-state index in [9.17, 15) is 4.79 Å². The number of ketones is 1. The zero-order valence-electron chi connectivity index (χ0n) is 15.0. The normalized spacial score (nSPS) is 16.6. The third-order valence-electron chi connectivity index (χ3n) is 4.79. The van der Waals surface area contributed by atoms with E-state index < -0.39 is 0 Å². The summed E-state index contributed by atoms with van der Waals surface area (Å²) in [6, 6.07) is 9.65. The number of hydrogen-bond acceptors (Lipinski definition) is 4. The highest BCUT2D eigenvalue weighted by molar-refractivity contribution is 6.30. The summed E-state index contributed by atoms with van der Waals surface area (Å²) in [4.78, 5) is 21.9. The van der Waals surface area contributed by atoms with Crippen LogP contribution in [-0.4, -0.2) is 25.5 Å². The van der Waals surface area contributed by atoms with E-state index in [-0.39, 0.29) is 11.7 Å². The van der Waals surface area contributed by atoms with E-state index in [2.05, 4.69) is 15.1 Å². The number of fused-ring (bicyclic) bond motifs is 1. The van der Waals surface area contributed by atoms with E-state index in [1.165, 1.54) is 0 Å². The summed E-state index contributed by atoms with van der Waals surface area (Å²) in [5, 5.41) is 5.27. The van der Waals surface area contributed by atoms with Crippen LogP contribution < -0.4 is 0 Å². The standard InChI is InChI=1S/C20H19ClN4O/c1-11-7-12(2)23-20(22-11)25-17-9-15(14-5-4-6-16(21)8-14)10-18(26)19(17)13(3)24-25/h4-8,15H,9-10H2,1-3H3/t15-/m0/s1. The van der Waals surface area contributed by atoms with Gasteiger partial charge in [0.2, 0.25) is 0 Å². The quantitative estimate of drug-likeness (QED) is 0.683. The largest absolute Gasteiger partial charge is 0.294 e. The van der Waals surface area contributed by atoms with Crippen molar-refractivity contribution >= 4 is 17.4 Å². The van der Waals surface area contributed by atoms with Gasteiger partial charge >= 0.3 is 0 Å². The van der Waals surface area contributed by atoms with Crippen LogP contribution in [0.2, 0.25) is 5.02 Å². The molecule has 0 saturated heterocycles. The lowest BCUT2D eigenvalue weighted by Crippen LogP contribution is -2.21. The smallest absolute Gasteiger partial charge is 0.251 e. The Labute approximate surface area is 157 Å². The fraction of sp³-hybridized carbons (Fsp3) is 0.300. The number of benzene rings is 1. The van der Waals surface area contributed by atoms with Crippen LogP contribution in [0.5, 0.6) is 0 Å². The minimum absolute atomic E-state index is 0.0782. The molecule has 4 rings (SSSR count). The predicted molar refractivity (Wildman–Crippen MR) is 100 cm³/mol. The van der Waals surface area contributed by atoms with Crippen molar-refractivity contribution in [2.45, 2.75) is 39.5 Å². The first-order chi connectivity index (χ1) is 12.4. The number of nitrogens with zero attached hydrogens (tertiary/aromatic N) is 4. The molecule has 0 N–H and O–H groups in total. The molecule has 132 valence electrons. The molecule has 0 radical (unpaired) electrons. The van der Waals surface area contributed by atoms with E-state index in [1.807, 2.05) is 51.1 Å². The lowest BCUT2D eigenvalue weighted by molar-refractivity contribution is 0.0963. The van der Waals surface area contributed by atoms with Crippen molar-refractivity contribution in [1.29, 1.82) is 0 Å². The fourth-order valence-electron chi connectivity index (χ4n) is 3.72. The van der Waals surface area contributed by atoms with E-state index in [0.29, 0.717) is 29.4 Å². The summed E-state index contributed by atoms with van der Waals surface area (Å²) in [6.45, 7) is 5.73. The predicted octanol–water partition coefficient (Wildman–Crippen LogP) is 4.15. The average molecular weight is 367 g/mol. The molecule has 2 aromatic heterocycles. The molecule has 26 heavy (non-hydrogen) atoms. The van der Waals surface area contributed by atoms with Crippen LogP contribution >= 0.6 is 11.6 Å². The van der Waals surface area contributed by atoms with Crippen LogP contribution in [0, 0.1) is 20.8 Å². The molecule has 0 fully saturated rings. The Balaban J connectivity index is 1.82. The van der Waals surface area contributed by atoms with Gasteiger partial charge in [0, 0.05) is 22.8 Å². The molecule has 1 aliphatic rings. The van der Waals surface area contributed by atoms with E-state index >= 15 is 0 Å². The van der Waals surface area contributed by atoms with Gasteiger partial charge in [0.1, 0.15) is 0 Å². The van der Waals surface area contributed by atoms with E-state index in [4.69, 9.17) is 11.6 Å². The highest BCUT2D eigenvalue weighted by Gasteiger charge is 2.32. The summed E-state index contributed by atoms with van der Waals surface area (Å²) < 4.78 is 1.74. The summed E-state index contributed by atoms with van der Waals surface area (Å²) >= 11 is 6.14. The molecule has 0 spiro atoms. The Morgan fingerprint density at radius 2 is 1.81 bits per heavy atom. The van der Waals surface area contributed by atoms with Crippen LogP contribution in [-0.2, 0) is 6.42 Å². The molecule has 0 saturated carbocycles. The molecule has 0 amide bonds. The summed E-state index contributed by atoms with van der Waals surface area (Å²) in [7, 11) is 0. The van der Waals surface area contributed by atoms with Gasteiger partial charge in [-0.05, 0) is 56.9 Å². The Kier molecular flexibility index (Phi) is 4.11. The van der Waals surface area contributed by atoms with Crippen molar-refractivity contribution in [2.75, 3.05) is 0 Å². The first-order valence-electron chi connectivity index (χ1n) is 8.62. The molecule has 2 heterocycles. The zero-order valence-corrected chi connectivity index (χ0v) is 15.7. The minimum atomic E-state index is 0.0782. The second-order valence-electron chi connectivity index (χ2n) is 6.85. The van der Waals surface area contributed by atoms with Crippen LogP contribution in [0.15, 0.2) is 30.3 Å². The first-order valence-corrected chi connectivity index (χ1v) is 9.00. The first kappa shape index (κ1) is 16.9. The van der Waals surface area contributed by atoms with Gasteiger partial charge in [-0.15, -0.1) is 0 Å². The highest BCUT2D eigenvalue weighted by Crippen LogP contribution is 2.35. The molecular weight excluding hydrogens is 348 g/mol. The molecular formula is C20H19ClN4O. The SMILES string of the molecule is Cc1cc(C)nc(-n2nc(C)c3c2C[C@H](c2cccc(Cl)c2)CC3=O)n1. The number of carbonyl (C=O) groups excluding carboxylic acids is 1. The third kappa shape index (κ3) is 2.92. The minimum Gasteiger partial charge on any atom is -0.294 e. The molecule has 0 unspecified atom stereocenters. The number of halogens is 1. The van der Waals surface area contributed by atoms with E-state index in [0.717, 1.165) is 28.3 Å². The topological polar surface area (TPSA) is 60.7 Å². The van der Waals surface area contributed by atoms with Crippen LogP contribution in [0.25, 0.3) is 5.95 Å². The van der Waals surface area contributed by atoms with Crippen molar-refractivity contribution in [1.82, 2.24) is 19.7 Å². The number of Topliss-reactive ketones (excluding diaryl/α,β-unsaturated/α-hetero) is 1. The third-order valence-corrected chi connectivity index (χ3v) is 5.02. The maximum absolute atomic E-state index is 12.8. The molecule has 0 bridgehead atoms. The number of rotatable bonds is 2. The maximum Gasteiger partial charge on any atom is 0.251 e. The number of aryl methyl sites for hydroxylation is 3. The van der Waals surface area contributed by atoms with Crippen molar-refractivity contribution < 1.29 is 4.79 Å². The number of carbonyl (C=O) groups is 1. The van der Waals surface area contributed by atoms with Gasteiger partial charge in [-0.25, -0.2) is 14.6 Å². The van der Waals surface area contributed by atoms with Crippen molar-refractivity contribution in [3.05, 3.63) is 69.3 Å². The molecule has 5 nitrogen and oxygen atoms in total. The van der Waals surface area contributed by atoms with E-state index in [1.54, 1.807) is 4.68 Å². The lowest BCUT2D eigenvalue weighted by atomic mass is 9.81. The van der Waals surface area contributed by atoms with Gasteiger partial charge in [0.15, 0.2) is 5.78 Å². The number of hydrogen-bond donors (Lipinski definition) is 0. The fourth-order valence-corrected chi connectivity index (χ4v) is 3.92.